The van der Waals surface area contributed by atoms with Gasteiger partial charge in [0.15, 0.2) is 0 Å². The van der Waals surface area contributed by atoms with Gasteiger partial charge in [-0.3, -0.25) is 9.59 Å². The maximum atomic E-state index is 12.4. The van der Waals surface area contributed by atoms with Gasteiger partial charge in [0.1, 0.15) is 5.75 Å². The highest BCUT2D eigenvalue weighted by Crippen LogP contribution is 2.28. The summed E-state index contributed by atoms with van der Waals surface area (Å²) in [4.78, 5) is 26.4. The van der Waals surface area contributed by atoms with Gasteiger partial charge in [-0.1, -0.05) is 25.3 Å². The molecule has 1 heterocycles. The number of nitrogens with one attached hydrogen (secondary N) is 1. The molecule has 1 atom stereocenters. The summed E-state index contributed by atoms with van der Waals surface area (Å²) in [6.07, 6.45) is 6.04. The Morgan fingerprint density at radius 1 is 1.26 bits per heavy atom. The normalized spacial score (nSPS) is 22.2. The van der Waals surface area contributed by atoms with E-state index in [2.05, 4.69) is 5.32 Å². The van der Waals surface area contributed by atoms with Gasteiger partial charge in [-0.2, -0.15) is 0 Å². The van der Waals surface area contributed by atoms with Crippen LogP contribution in [0.4, 0.5) is 5.69 Å². The number of amides is 2. The van der Waals surface area contributed by atoms with Crippen LogP contribution >= 0.6 is 0 Å². The number of anilines is 1. The lowest BCUT2D eigenvalue weighted by atomic mass is 9.95. The third-order valence-electron chi connectivity index (χ3n) is 4.81. The Hall–Kier alpha value is -2.04. The summed E-state index contributed by atoms with van der Waals surface area (Å²) in [5, 5.41) is 3.13. The van der Waals surface area contributed by atoms with Crippen LogP contribution < -0.4 is 15.0 Å². The summed E-state index contributed by atoms with van der Waals surface area (Å²) < 4.78 is 5.21. The van der Waals surface area contributed by atoms with E-state index < -0.39 is 0 Å². The van der Waals surface area contributed by atoms with Gasteiger partial charge in [-0.05, 0) is 25.0 Å². The van der Waals surface area contributed by atoms with Crippen molar-refractivity contribution in [1.29, 1.82) is 0 Å². The van der Waals surface area contributed by atoms with Crippen LogP contribution in [0.1, 0.15) is 38.5 Å². The molecule has 0 bridgehead atoms. The first kappa shape index (κ1) is 15.8. The maximum Gasteiger partial charge on any atom is 0.227 e. The summed E-state index contributed by atoms with van der Waals surface area (Å²) >= 11 is 0. The zero-order valence-electron chi connectivity index (χ0n) is 13.6. The molecule has 5 nitrogen and oxygen atoms in total. The Kier molecular flexibility index (Phi) is 4.84. The molecule has 23 heavy (non-hydrogen) atoms. The summed E-state index contributed by atoms with van der Waals surface area (Å²) in [7, 11) is 1.60. The molecule has 2 aliphatic rings. The molecule has 1 aliphatic carbocycles. The summed E-state index contributed by atoms with van der Waals surface area (Å²) in [5.41, 5.74) is 0.794. The average Bonchev–Trinajstić information content (AvgIpc) is 2.98. The molecule has 1 N–H and O–H groups in total. The molecule has 1 saturated carbocycles. The van der Waals surface area contributed by atoms with E-state index >= 15 is 0 Å². The molecule has 0 spiro atoms. The average molecular weight is 316 g/mol. The van der Waals surface area contributed by atoms with E-state index in [4.69, 9.17) is 4.74 Å². The molecule has 2 fully saturated rings. The number of ether oxygens (including phenoxy) is 1. The van der Waals surface area contributed by atoms with Gasteiger partial charge in [0.25, 0.3) is 0 Å². The second kappa shape index (κ2) is 7.02. The molecule has 3 rings (SSSR count). The van der Waals surface area contributed by atoms with Crippen molar-refractivity contribution in [1.82, 2.24) is 5.32 Å². The maximum absolute atomic E-state index is 12.4. The largest absolute Gasteiger partial charge is 0.497 e. The van der Waals surface area contributed by atoms with Crippen molar-refractivity contribution in [2.75, 3.05) is 18.6 Å². The van der Waals surface area contributed by atoms with Gasteiger partial charge >= 0.3 is 0 Å². The monoisotopic (exact) mass is 316 g/mol. The highest BCUT2D eigenvalue weighted by molar-refractivity contribution is 6.00. The van der Waals surface area contributed by atoms with Crippen molar-refractivity contribution in [3.63, 3.8) is 0 Å². The number of carbonyl (C=O) groups is 2. The number of carbonyl (C=O) groups excluding carboxylic acids is 2. The minimum Gasteiger partial charge on any atom is -0.497 e. The van der Waals surface area contributed by atoms with E-state index in [1.807, 2.05) is 24.3 Å². The van der Waals surface area contributed by atoms with Crippen LogP contribution in [0.2, 0.25) is 0 Å². The Bertz CT molecular complexity index is 581. The van der Waals surface area contributed by atoms with Crippen LogP contribution in [-0.2, 0) is 9.59 Å². The van der Waals surface area contributed by atoms with Crippen molar-refractivity contribution in [3.05, 3.63) is 24.3 Å². The lowest BCUT2D eigenvalue weighted by Gasteiger charge is -2.24. The van der Waals surface area contributed by atoms with Gasteiger partial charge in [-0.25, -0.2) is 0 Å². The smallest absolute Gasteiger partial charge is 0.227 e. The Morgan fingerprint density at radius 3 is 2.78 bits per heavy atom. The molecule has 0 aromatic heterocycles. The van der Waals surface area contributed by atoms with E-state index in [1.54, 1.807) is 12.0 Å². The zero-order chi connectivity index (χ0) is 16.2. The van der Waals surface area contributed by atoms with Crippen molar-refractivity contribution in [3.8, 4) is 5.75 Å². The van der Waals surface area contributed by atoms with Gasteiger partial charge < -0.3 is 15.0 Å². The number of hydrogen-bond donors (Lipinski definition) is 1. The van der Waals surface area contributed by atoms with Crippen LogP contribution in [-0.4, -0.2) is 31.5 Å². The van der Waals surface area contributed by atoms with E-state index in [9.17, 15) is 9.59 Å². The van der Waals surface area contributed by atoms with Gasteiger partial charge in [0, 0.05) is 30.8 Å². The standard InChI is InChI=1S/C18H24N2O3/c1-23-16-9-5-8-15(11-16)20-12-13(10-17(20)21)18(22)19-14-6-3-2-4-7-14/h5,8-9,11,13-14H,2-4,6-7,10,12H2,1H3,(H,19,22)/t13-/m0/s1. The predicted molar refractivity (Wildman–Crippen MR) is 88.5 cm³/mol. The van der Waals surface area contributed by atoms with E-state index in [0.717, 1.165) is 18.5 Å². The number of nitrogens with zero attached hydrogens (tertiary/aromatic N) is 1. The topological polar surface area (TPSA) is 58.6 Å². The lowest BCUT2D eigenvalue weighted by molar-refractivity contribution is -0.127. The second-order valence-electron chi connectivity index (χ2n) is 6.45. The highest BCUT2D eigenvalue weighted by Gasteiger charge is 2.36. The minimum atomic E-state index is -0.254. The molecule has 1 aliphatic heterocycles. The molecule has 0 unspecified atom stereocenters. The van der Waals surface area contributed by atoms with Crippen LogP contribution in [0.25, 0.3) is 0 Å². The number of rotatable bonds is 4. The van der Waals surface area contributed by atoms with Crippen LogP contribution in [0, 0.1) is 5.92 Å². The summed E-state index contributed by atoms with van der Waals surface area (Å²) in [6.45, 7) is 0.449. The van der Waals surface area contributed by atoms with E-state index in [1.165, 1.54) is 19.3 Å². The fourth-order valence-electron chi connectivity index (χ4n) is 3.48. The highest BCUT2D eigenvalue weighted by atomic mass is 16.5. The Morgan fingerprint density at radius 2 is 2.04 bits per heavy atom. The molecule has 0 radical (unpaired) electrons. The molecule has 1 aromatic rings. The fourth-order valence-corrected chi connectivity index (χ4v) is 3.48. The minimum absolute atomic E-state index is 0.00190. The van der Waals surface area contributed by atoms with Crippen molar-refractivity contribution < 1.29 is 14.3 Å². The number of benzene rings is 1. The lowest BCUT2D eigenvalue weighted by Crippen LogP contribution is -2.40. The first-order chi connectivity index (χ1) is 11.2. The van der Waals surface area contributed by atoms with Crippen LogP contribution in [0.5, 0.6) is 5.75 Å². The summed E-state index contributed by atoms with van der Waals surface area (Å²) in [5.74, 6) is 0.485. The molecular formula is C18H24N2O3. The Labute approximate surface area is 137 Å². The van der Waals surface area contributed by atoms with E-state index in [0.29, 0.717) is 12.3 Å². The van der Waals surface area contributed by atoms with Crippen molar-refractivity contribution in [2.45, 2.75) is 44.6 Å². The molecule has 2 amide bonds. The molecule has 124 valence electrons. The second-order valence-corrected chi connectivity index (χ2v) is 6.45. The van der Waals surface area contributed by atoms with Gasteiger partial charge in [0.05, 0.1) is 13.0 Å². The summed E-state index contributed by atoms with van der Waals surface area (Å²) in [6, 6.07) is 7.70. The van der Waals surface area contributed by atoms with Gasteiger partial charge in [-0.15, -0.1) is 0 Å². The fraction of sp³-hybridized carbons (Fsp3) is 0.556. The van der Waals surface area contributed by atoms with Crippen LogP contribution in [0.15, 0.2) is 24.3 Å². The van der Waals surface area contributed by atoms with Crippen LogP contribution in [0.3, 0.4) is 0 Å². The third-order valence-corrected chi connectivity index (χ3v) is 4.81. The van der Waals surface area contributed by atoms with E-state index in [-0.39, 0.29) is 30.2 Å². The molecule has 5 heteroatoms. The third kappa shape index (κ3) is 3.66. The quantitative estimate of drug-likeness (QED) is 0.928. The number of hydrogen-bond acceptors (Lipinski definition) is 3. The van der Waals surface area contributed by atoms with Crippen molar-refractivity contribution in [2.24, 2.45) is 5.92 Å². The SMILES string of the molecule is COc1cccc(N2C[C@@H](C(=O)NC3CCCCC3)CC2=O)c1. The first-order valence-corrected chi connectivity index (χ1v) is 8.42. The Balaban J connectivity index is 1.63. The molecule has 1 saturated heterocycles. The number of methoxy groups -OCH3 is 1. The first-order valence-electron chi connectivity index (χ1n) is 8.42. The molecular weight excluding hydrogens is 292 g/mol. The van der Waals surface area contributed by atoms with Crippen molar-refractivity contribution >= 4 is 17.5 Å². The molecule has 1 aromatic carbocycles. The van der Waals surface area contributed by atoms with Gasteiger partial charge in [0.2, 0.25) is 11.8 Å². The zero-order valence-corrected chi connectivity index (χ0v) is 13.6. The predicted octanol–water partition coefficient (Wildman–Crippen LogP) is 2.50.